The average molecular weight is 993 g/mol. The minimum atomic E-state index is -4.49. The second kappa shape index (κ2) is 20.0. The van der Waals surface area contributed by atoms with Crippen LogP contribution in [0.3, 0.4) is 0 Å². The fourth-order valence-corrected chi connectivity index (χ4v) is 8.24. The van der Waals surface area contributed by atoms with E-state index in [1.165, 1.54) is 24.7 Å². The van der Waals surface area contributed by atoms with Gasteiger partial charge in [0.25, 0.3) is 0 Å². The molecule has 0 radical (unpaired) electrons. The summed E-state index contributed by atoms with van der Waals surface area (Å²) >= 11 is 0. The van der Waals surface area contributed by atoms with Gasteiger partial charge < -0.3 is 46.8 Å². The molecule has 10 rings (SSSR count). The Labute approximate surface area is 402 Å². The largest absolute Gasteiger partial charge is 1.00 e. The number of oxazole rings is 2. The monoisotopic (exact) mass is 992 g/mol. The molecule has 1 amide bonds. The first-order valence-corrected chi connectivity index (χ1v) is 22.2. The standard InChI is InChI=1S/C26H27F3N6O3.C21H19F3N6O.ClH/c1-25(2,3)38-24(36)34-11-8-18(9-12-34)31-22-30-10-7-19(32-22)21-20(33-23-35(21)13-14-37-23)16-5-4-6-17(15-16)26(27,28)29;22-21(23,24)14-3-1-2-13(12-14)17-18(30-10-11-31-20(30)29-17)16-6-9-26-19(28-16)27-15-4-7-25-8-5-15;/h4-7,10,13-15,18H,8-9,11-12H2,1-3H3,(H,30,31,32);1-3,6,9-12,15,25H,4-5,7-8H2,(H,26,27,28);1H. The quantitative estimate of drug-likeness (QED) is 0.149. The van der Waals surface area contributed by atoms with Crippen LogP contribution in [0.4, 0.5) is 43.0 Å². The van der Waals surface area contributed by atoms with Crippen molar-refractivity contribution in [3.8, 4) is 45.3 Å². The van der Waals surface area contributed by atoms with E-state index in [0.29, 0.717) is 83.6 Å². The summed E-state index contributed by atoms with van der Waals surface area (Å²) in [6.07, 6.45) is 3.56. The second-order valence-corrected chi connectivity index (χ2v) is 17.6. The lowest BCUT2D eigenvalue weighted by Crippen LogP contribution is -3.00. The van der Waals surface area contributed by atoms with Crippen LogP contribution < -0.4 is 28.4 Å². The molecule has 0 aliphatic carbocycles. The third-order valence-corrected chi connectivity index (χ3v) is 11.5. The van der Waals surface area contributed by atoms with E-state index in [9.17, 15) is 31.1 Å². The minimum Gasteiger partial charge on any atom is -1.00 e. The molecule has 2 aliphatic heterocycles. The number of aromatic nitrogens is 8. The van der Waals surface area contributed by atoms with Crippen LogP contribution in [0.1, 0.15) is 57.6 Å². The summed E-state index contributed by atoms with van der Waals surface area (Å²) < 4.78 is 99.4. The number of nitrogens with two attached hydrogens (primary N) is 1. The number of alkyl halides is 6. The summed E-state index contributed by atoms with van der Waals surface area (Å²) in [5, 5.41) is 8.96. The van der Waals surface area contributed by atoms with Gasteiger partial charge in [-0.15, -0.1) is 0 Å². The van der Waals surface area contributed by atoms with Crippen molar-refractivity contribution in [2.75, 3.05) is 36.8 Å². The number of benzene rings is 2. The maximum Gasteiger partial charge on any atom is 0.416 e. The van der Waals surface area contributed by atoms with Gasteiger partial charge in [-0.2, -0.15) is 36.3 Å². The van der Waals surface area contributed by atoms with Crippen molar-refractivity contribution in [2.24, 2.45) is 0 Å². The first-order chi connectivity index (χ1) is 33.0. The molecule has 8 heterocycles. The Morgan fingerprint density at radius 2 is 1.13 bits per heavy atom. The summed E-state index contributed by atoms with van der Waals surface area (Å²) in [6.45, 7) is 8.67. The number of carbonyl (C=O) groups is 1. The number of hydrogen-bond donors (Lipinski definition) is 3. The molecule has 368 valence electrons. The highest BCUT2D eigenvalue weighted by molar-refractivity contribution is 5.81. The van der Waals surface area contributed by atoms with Crippen LogP contribution in [0, 0.1) is 0 Å². The number of rotatable bonds is 8. The summed E-state index contributed by atoms with van der Waals surface area (Å²) in [5.74, 6) is 1.36. The number of halogens is 7. The van der Waals surface area contributed by atoms with Gasteiger partial charge in [0.2, 0.25) is 11.9 Å². The third kappa shape index (κ3) is 11.1. The number of hydrogen-bond acceptors (Lipinski definition) is 12. The number of nitrogens with zero attached hydrogens (tertiary/aromatic N) is 9. The lowest BCUT2D eigenvalue weighted by Gasteiger charge is -2.33. The van der Waals surface area contributed by atoms with E-state index in [1.54, 1.807) is 62.8 Å². The lowest BCUT2D eigenvalue weighted by atomic mass is 10.0. The fourth-order valence-electron chi connectivity index (χ4n) is 8.24. The Bertz CT molecular complexity index is 3070. The Balaban J connectivity index is 0.000000189. The number of imidazole rings is 2. The van der Waals surface area contributed by atoms with Crippen molar-refractivity contribution in [3.63, 3.8) is 0 Å². The van der Waals surface area contributed by atoms with E-state index in [-0.39, 0.29) is 41.8 Å². The van der Waals surface area contributed by atoms with Crippen LogP contribution in [-0.4, -0.2) is 93.6 Å². The van der Waals surface area contributed by atoms with Gasteiger partial charge in [-0.25, -0.2) is 24.7 Å². The first-order valence-electron chi connectivity index (χ1n) is 22.2. The summed E-state index contributed by atoms with van der Waals surface area (Å²) in [7, 11) is 0. The number of fused-ring (bicyclic) bond motifs is 2. The number of nitrogens with one attached hydrogen (secondary N) is 2. The molecule has 8 aromatic rings. The summed E-state index contributed by atoms with van der Waals surface area (Å²) in [4.78, 5) is 40.8. The molecule has 2 aliphatic rings. The van der Waals surface area contributed by atoms with E-state index in [4.69, 9.17) is 13.6 Å². The van der Waals surface area contributed by atoms with Crippen molar-refractivity contribution in [1.82, 2.24) is 43.6 Å². The van der Waals surface area contributed by atoms with Crippen molar-refractivity contribution in [3.05, 3.63) is 109 Å². The number of amides is 1. The van der Waals surface area contributed by atoms with Crippen molar-refractivity contribution >= 4 is 29.7 Å². The third-order valence-electron chi connectivity index (χ3n) is 11.5. The summed E-state index contributed by atoms with van der Waals surface area (Å²) in [5.41, 5.74) is 1.28. The zero-order valence-corrected chi connectivity index (χ0v) is 38.7. The predicted octanol–water partition coefficient (Wildman–Crippen LogP) is 6.09. The number of piperidine rings is 2. The van der Waals surface area contributed by atoms with Gasteiger partial charge in [0, 0.05) is 73.9 Å². The topological polar surface area (TPSA) is 183 Å². The minimum absolute atomic E-state index is 0. The van der Waals surface area contributed by atoms with Gasteiger partial charge in [-0.1, -0.05) is 24.3 Å². The normalized spacial score (nSPS) is 15.1. The zero-order chi connectivity index (χ0) is 48.5. The highest BCUT2D eigenvalue weighted by Gasteiger charge is 2.33. The molecular formula is C47H47ClF6N12O4. The maximum absolute atomic E-state index is 13.4. The van der Waals surface area contributed by atoms with Gasteiger partial charge in [0.05, 0.1) is 35.6 Å². The van der Waals surface area contributed by atoms with E-state index >= 15 is 0 Å². The van der Waals surface area contributed by atoms with E-state index < -0.39 is 29.1 Å². The molecular weight excluding hydrogens is 946 g/mol. The molecule has 2 saturated heterocycles. The number of likely N-dealkylation sites (tertiary alicyclic amines) is 1. The number of carbonyl (C=O) groups excluding carboxylic acids is 1. The Kier molecular flexibility index (Phi) is 14.1. The van der Waals surface area contributed by atoms with Crippen molar-refractivity contribution in [2.45, 2.75) is 76.5 Å². The smallest absolute Gasteiger partial charge is 0.416 e. The van der Waals surface area contributed by atoms with Crippen molar-refractivity contribution < 1.29 is 62.4 Å². The SMILES string of the molecule is CC(C)(C)OC(=O)N1CCC(Nc2nccc(-c3c(-c4cccc(C(F)(F)F)c4)nc4occn34)n2)CC1.FC(F)(F)c1cccc(-c2nc3occn3c2-c2ccnc(NC3CC[NH2+]CC3)n2)c1.[Cl-]. The highest BCUT2D eigenvalue weighted by Crippen LogP contribution is 2.38. The number of ether oxygens (including phenoxy) is 1. The number of quaternary nitrogens is 1. The van der Waals surface area contributed by atoms with Crippen LogP contribution in [0.15, 0.2) is 107 Å². The second-order valence-electron chi connectivity index (χ2n) is 17.6. The van der Waals surface area contributed by atoms with E-state index in [1.807, 2.05) is 20.8 Å². The number of anilines is 2. The Morgan fingerprint density at radius 3 is 1.57 bits per heavy atom. The lowest BCUT2D eigenvalue weighted by molar-refractivity contribution is -0.662. The van der Waals surface area contributed by atoms with Crippen molar-refractivity contribution in [1.29, 1.82) is 0 Å². The summed E-state index contributed by atoms with van der Waals surface area (Å²) in [6, 6.07) is 13.8. The van der Waals surface area contributed by atoms with Gasteiger partial charge in [0.1, 0.15) is 40.9 Å². The molecule has 16 nitrogen and oxygen atoms in total. The first kappa shape index (κ1) is 49.2. The Morgan fingerprint density at radius 1 is 0.671 bits per heavy atom. The highest BCUT2D eigenvalue weighted by atomic mass is 35.5. The van der Waals surface area contributed by atoms with E-state index in [0.717, 1.165) is 50.2 Å². The Hall–Kier alpha value is -7.20. The molecule has 2 aromatic carbocycles. The van der Waals surface area contributed by atoms with Gasteiger partial charge in [-0.05, 0) is 70.0 Å². The van der Waals surface area contributed by atoms with Crippen LogP contribution in [0.2, 0.25) is 0 Å². The molecule has 0 unspecified atom stereocenters. The molecule has 2 fully saturated rings. The molecule has 23 heteroatoms. The fraction of sp³-hybridized carbons (Fsp3) is 0.340. The van der Waals surface area contributed by atoms with Crippen LogP contribution in [-0.2, 0) is 17.1 Å². The maximum atomic E-state index is 13.4. The van der Waals surface area contributed by atoms with Crippen LogP contribution in [0.5, 0.6) is 0 Å². The van der Waals surface area contributed by atoms with Crippen LogP contribution in [0.25, 0.3) is 57.0 Å². The van der Waals surface area contributed by atoms with Crippen LogP contribution >= 0.6 is 0 Å². The van der Waals surface area contributed by atoms with Gasteiger partial charge >= 0.3 is 30.1 Å². The van der Waals surface area contributed by atoms with Gasteiger partial charge in [0.15, 0.2) is 0 Å². The average Bonchev–Trinajstić information content (AvgIpc) is 4.12. The molecule has 4 N–H and O–H groups in total. The molecule has 6 aromatic heterocycles. The molecule has 0 atom stereocenters. The van der Waals surface area contributed by atoms with E-state index in [2.05, 4.69) is 45.9 Å². The zero-order valence-electron chi connectivity index (χ0n) is 37.9. The molecule has 70 heavy (non-hydrogen) atoms. The molecule has 0 saturated carbocycles. The molecule has 0 spiro atoms. The predicted molar refractivity (Wildman–Crippen MR) is 241 cm³/mol. The van der Waals surface area contributed by atoms with Gasteiger partial charge in [-0.3, -0.25) is 8.80 Å². The molecule has 0 bridgehead atoms.